The first kappa shape index (κ1) is 16.7. The molecule has 2 unspecified atom stereocenters. The zero-order valence-corrected chi connectivity index (χ0v) is 14.4. The largest absolute Gasteiger partial charge is 0.485 e. The van der Waals surface area contributed by atoms with Crippen molar-refractivity contribution in [3.63, 3.8) is 0 Å². The quantitative estimate of drug-likeness (QED) is 0.812. The van der Waals surface area contributed by atoms with E-state index in [1.165, 1.54) is 0 Å². The van der Waals surface area contributed by atoms with E-state index in [4.69, 9.17) is 4.74 Å². The zero-order valence-electron chi connectivity index (χ0n) is 12.0. The highest BCUT2D eigenvalue weighted by Gasteiger charge is 2.38. The van der Waals surface area contributed by atoms with E-state index in [1.807, 2.05) is 32.0 Å². The zero-order chi connectivity index (χ0) is 15.6. The van der Waals surface area contributed by atoms with Gasteiger partial charge in [-0.05, 0) is 22.0 Å². The SMILES string of the molecule is CC(C)NCc1cccc(Br)c1OC1CS(=O)(=O)CC1O. The van der Waals surface area contributed by atoms with Crippen molar-refractivity contribution < 1.29 is 18.3 Å². The lowest BCUT2D eigenvalue weighted by molar-refractivity contribution is 0.0725. The fourth-order valence-electron chi connectivity index (χ4n) is 2.20. The molecule has 0 saturated carbocycles. The lowest BCUT2D eigenvalue weighted by atomic mass is 10.2. The maximum Gasteiger partial charge on any atom is 0.156 e. The van der Waals surface area contributed by atoms with E-state index in [0.29, 0.717) is 18.3 Å². The van der Waals surface area contributed by atoms with E-state index in [0.717, 1.165) is 10.0 Å². The molecule has 0 aliphatic carbocycles. The number of hydrogen-bond donors (Lipinski definition) is 2. The van der Waals surface area contributed by atoms with Crippen molar-refractivity contribution in [3.05, 3.63) is 28.2 Å². The number of ether oxygens (including phenoxy) is 1. The Morgan fingerprint density at radius 1 is 1.43 bits per heavy atom. The molecule has 1 aromatic carbocycles. The monoisotopic (exact) mass is 377 g/mol. The number of aliphatic hydroxyl groups excluding tert-OH is 1. The molecule has 2 atom stereocenters. The van der Waals surface area contributed by atoms with Gasteiger partial charge in [0.15, 0.2) is 9.84 Å². The first-order valence-electron chi connectivity index (χ1n) is 6.84. The summed E-state index contributed by atoms with van der Waals surface area (Å²) in [6, 6.07) is 5.99. The van der Waals surface area contributed by atoms with Crippen LogP contribution in [0.1, 0.15) is 19.4 Å². The topological polar surface area (TPSA) is 75.6 Å². The second-order valence-electron chi connectivity index (χ2n) is 5.56. The minimum absolute atomic E-state index is 0.146. The third-order valence-electron chi connectivity index (χ3n) is 3.29. The average molecular weight is 378 g/mol. The molecule has 21 heavy (non-hydrogen) atoms. The van der Waals surface area contributed by atoms with Crippen LogP contribution < -0.4 is 10.1 Å². The fourth-order valence-corrected chi connectivity index (χ4v) is 4.36. The molecule has 0 amide bonds. The minimum atomic E-state index is -3.22. The number of nitrogens with one attached hydrogen (secondary N) is 1. The molecular weight excluding hydrogens is 358 g/mol. The summed E-state index contributed by atoms with van der Waals surface area (Å²) < 4.78 is 29.7. The number of halogens is 1. The highest BCUT2D eigenvalue weighted by atomic mass is 79.9. The summed E-state index contributed by atoms with van der Waals surface area (Å²) in [4.78, 5) is 0. The normalized spacial score (nSPS) is 24.4. The molecule has 0 aromatic heterocycles. The highest BCUT2D eigenvalue weighted by molar-refractivity contribution is 9.10. The number of sulfone groups is 1. The van der Waals surface area contributed by atoms with Crippen LogP contribution in [0.25, 0.3) is 0 Å². The van der Waals surface area contributed by atoms with Gasteiger partial charge in [0.1, 0.15) is 18.0 Å². The average Bonchev–Trinajstić information content (AvgIpc) is 2.63. The van der Waals surface area contributed by atoms with Gasteiger partial charge in [0.25, 0.3) is 0 Å². The van der Waals surface area contributed by atoms with Crippen LogP contribution in [0.4, 0.5) is 0 Å². The van der Waals surface area contributed by atoms with Crippen LogP contribution in [-0.2, 0) is 16.4 Å². The van der Waals surface area contributed by atoms with Crippen molar-refractivity contribution in [1.29, 1.82) is 0 Å². The Kier molecular flexibility index (Phi) is 5.29. The van der Waals surface area contributed by atoms with E-state index in [2.05, 4.69) is 21.2 Å². The van der Waals surface area contributed by atoms with Gasteiger partial charge in [-0.2, -0.15) is 0 Å². The van der Waals surface area contributed by atoms with Crippen LogP contribution in [0.3, 0.4) is 0 Å². The van der Waals surface area contributed by atoms with Gasteiger partial charge in [-0.25, -0.2) is 8.42 Å². The summed E-state index contributed by atoms with van der Waals surface area (Å²) in [6.07, 6.45) is -1.69. The number of para-hydroxylation sites is 1. The number of hydrogen-bond acceptors (Lipinski definition) is 5. The fraction of sp³-hybridized carbons (Fsp3) is 0.571. The maximum atomic E-state index is 11.6. The summed E-state index contributed by atoms with van der Waals surface area (Å²) in [7, 11) is -3.22. The van der Waals surface area contributed by atoms with Crippen LogP contribution in [0.15, 0.2) is 22.7 Å². The van der Waals surface area contributed by atoms with Crippen molar-refractivity contribution in [3.8, 4) is 5.75 Å². The first-order chi connectivity index (χ1) is 9.78. The molecule has 1 aromatic rings. The van der Waals surface area contributed by atoms with Crippen molar-refractivity contribution in [1.82, 2.24) is 5.32 Å². The Morgan fingerprint density at radius 3 is 2.71 bits per heavy atom. The van der Waals surface area contributed by atoms with Gasteiger partial charge < -0.3 is 15.2 Å². The van der Waals surface area contributed by atoms with Gasteiger partial charge >= 0.3 is 0 Å². The molecule has 1 fully saturated rings. The Balaban J connectivity index is 2.19. The van der Waals surface area contributed by atoms with Crippen molar-refractivity contribution in [2.24, 2.45) is 0 Å². The van der Waals surface area contributed by atoms with Gasteiger partial charge in [0.05, 0.1) is 16.0 Å². The predicted molar refractivity (Wildman–Crippen MR) is 85.2 cm³/mol. The Bertz CT molecular complexity index is 603. The molecule has 118 valence electrons. The van der Waals surface area contributed by atoms with Crippen molar-refractivity contribution >= 4 is 25.8 Å². The van der Waals surface area contributed by atoms with Crippen LogP contribution >= 0.6 is 15.9 Å². The summed E-state index contributed by atoms with van der Waals surface area (Å²) >= 11 is 3.43. The third kappa shape index (κ3) is 4.42. The van der Waals surface area contributed by atoms with Crippen LogP contribution in [-0.4, -0.2) is 43.3 Å². The lowest BCUT2D eigenvalue weighted by Crippen LogP contribution is -2.30. The second-order valence-corrected chi connectivity index (χ2v) is 8.57. The Hall–Kier alpha value is -0.630. The van der Waals surface area contributed by atoms with E-state index >= 15 is 0 Å². The van der Waals surface area contributed by atoms with Gasteiger partial charge in [-0.1, -0.05) is 26.0 Å². The summed E-state index contributed by atoms with van der Waals surface area (Å²) in [5.74, 6) is 0.209. The van der Waals surface area contributed by atoms with Crippen LogP contribution in [0, 0.1) is 0 Å². The Morgan fingerprint density at radius 2 is 2.14 bits per heavy atom. The Labute approximate surface area is 133 Å². The van der Waals surface area contributed by atoms with E-state index in [9.17, 15) is 13.5 Å². The lowest BCUT2D eigenvalue weighted by Gasteiger charge is -2.20. The van der Waals surface area contributed by atoms with Gasteiger partial charge in [0, 0.05) is 18.2 Å². The standard InChI is InChI=1S/C14H20BrNO4S/c1-9(2)16-6-10-4-3-5-11(15)14(10)20-13-8-21(18,19)7-12(13)17/h3-5,9,12-13,16-17H,6-8H2,1-2H3. The predicted octanol–water partition coefficient (Wildman–Crippen LogP) is 1.48. The molecule has 0 bridgehead atoms. The smallest absolute Gasteiger partial charge is 0.156 e. The van der Waals surface area contributed by atoms with E-state index in [1.54, 1.807) is 0 Å². The van der Waals surface area contributed by atoms with Gasteiger partial charge in [0.2, 0.25) is 0 Å². The molecule has 5 nitrogen and oxygen atoms in total. The van der Waals surface area contributed by atoms with E-state index in [-0.39, 0.29) is 11.5 Å². The molecule has 0 spiro atoms. The molecule has 0 radical (unpaired) electrons. The maximum absolute atomic E-state index is 11.6. The summed E-state index contributed by atoms with van der Waals surface area (Å²) in [5, 5.41) is 13.2. The summed E-state index contributed by atoms with van der Waals surface area (Å²) in [6.45, 7) is 4.71. The molecule has 7 heteroatoms. The first-order valence-corrected chi connectivity index (χ1v) is 9.46. The molecule has 1 aliphatic heterocycles. The van der Waals surface area contributed by atoms with Crippen LogP contribution in [0.2, 0.25) is 0 Å². The molecule has 2 N–H and O–H groups in total. The number of rotatable bonds is 5. The van der Waals surface area contributed by atoms with Crippen molar-refractivity contribution in [2.75, 3.05) is 11.5 Å². The molecule has 1 heterocycles. The number of benzene rings is 1. The molecule has 1 aliphatic rings. The van der Waals surface area contributed by atoms with Gasteiger partial charge in [-0.15, -0.1) is 0 Å². The minimum Gasteiger partial charge on any atom is -0.485 e. The molecular formula is C14H20BrNO4S. The van der Waals surface area contributed by atoms with Gasteiger partial charge in [-0.3, -0.25) is 0 Å². The molecule has 2 rings (SSSR count). The van der Waals surface area contributed by atoms with Crippen LogP contribution in [0.5, 0.6) is 5.75 Å². The number of aliphatic hydroxyl groups is 1. The third-order valence-corrected chi connectivity index (χ3v) is 5.60. The van der Waals surface area contributed by atoms with E-state index < -0.39 is 22.0 Å². The second kappa shape index (κ2) is 6.64. The molecule has 1 saturated heterocycles. The highest BCUT2D eigenvalue weighted by Crippen LogP contribution is 2.32. The summed E-state index contributed by atoms with van der Waals surface area (Å²) in [5.41, 5.74) is 0.926. The van der Waals surface area contributed by atoms with Crippen molar-refractivity contribution in [2.45, 2.75) is 38.6 Å².